The molecule has 4 rings (SSSR count). The van der Waals surface area contributed by atoms with Crippen LogP contribution in [0.4, 0.5) is 5.69 Å². The predicted molar refractivity (Wildman–Crippen MR) is 127 cm³/mol. The quantitative estimate of drug-likeness (QED) is 0.412. The molecule has 2 aromatic heterocycles. The summed E-state index contributed by atoms with van der Waals surface area (Å²) in [5, 5.41) is 5.49. The summed E-state index contributed by atoms with van der Waals surface area (Å²) in [6, 6.07) is 14.0. The van der Waals surface area contributed by atoms with Gasteiger partial charge in [-0.25, -0.2) is 4.98 Å². The van der Waals surface area contributed by atoms with Crippen LogP contribution in [0, 0.1) is 12.8 Å². The van der Waals surface area contributed by atoms with Gasteiger partial charge in [0, 0.05) is 36.1 Å². The first-order valence-electron chi connectivity index (χ1n) is 10.4. The molecule has 0 fully saturated rings. The molecule has 0 atom stereocenters. The van der Waals surface area contributed by atoms with Crippen LogP contribution in [-0.2, 0) is 6.54 Å². The molecule has 0 saturated carbocycles. The van der Waals surface area contributed by atoms with Crippen molar-refractivity contribution >= 4 is 28.3 Å². The topological polar surface area (TPSA) is 59.0 Å². The number of nitrogens with zero attached hydrogens (tertiary/aromatic N) is 4. The lowest BCUT2D eigenvalue weighted by Gasteiger charge is -2.14. The molecule has 4 aromatic rings. The molecule has 0 aliphatic heterocycles. The first-order chi connectivity index (χ1) is 14.8. The van der Waals surface area contributed by atoms with Crippen LogP contribution in [-0.4, -0.2) is 40.5 Å². The summed E-state index contributed by atoms with van der Waals surface area (Å²) < 4.78 is 7.97. The van der Waals surface area contributed by atoms with Crippen LogP contribution < -0.4 is 9.64 Å². The lowest BCUT2D eigenvalue weighted by molar-refractivity contribution is 0.268. The minimum atomic E-state index is 0.447. The molecular formula is C24H28ClN5O. The molecule has 31 heavy (non-hydrogen) atoms. The van der Waals surface area contributed by atoms with Gasteiger partial charge >= 0.3 is 0 Å². The standard InChI is InChI=1S/C24H28ClN5O/c1-15(2)14-31-23-9-6-18(25)11-17(23)13-30-16(3)10-22(28-30)24-26-20-8-7-19(29(4)5)12-21(20)27-24/h6-12,15H,13-14H2,1-5H3,(H,26,27). The van der Waals surface area contributed by atoms with Gasteiger partial charge in [-0.05, 0) is 55.3 Å². The highest BCUT2D eigenvalue weighted by Gasteiger charge is 2.14. The second-order valence-electron chi connectivity index (χ2n) is 8.47. The number of ether oxygens (including phenoxy) is 1. The van der Waals surface area contributed by atoms with Crippen LogP contribution in [0.25, 0.3) is 22.6 Å². The van der Waals surface area contributed by atoms with E-state index >= 15 is 0 Å². The minimum Gasteiger partial charge on any atom is -0.493 e. The third-order valence-corrected chi connectivity index (χ3v) is 5.36. The van der Waals surface area contributed by atoms with Gasteiger partial charge in [-0.2, -0.15) is 5.10 Å². The van der Waals surface area contributed by atoms with Crippen molar-refractivity contribution in [3.63, 3.8) is 0 Å². The molecule has 0 radical (unpaired) electrons. The van der Waals surface area contributed by atoms with Crippen LogP contribution in [0.1, 0.15) is 25.1 Å². The van der Waals surface area contributed by atoms with Crippen molar-refractivity contribution in [1.29, 1.82) is 0 Å². The van der Waals surface area contributed by atoms with Crippen LogP contribution >= 0.6 is 11.6 Å². The number of anilines is 1. The normalized spacial score (nSPS) is 11.5. The average molecular weight is 438 g/mol. The molecule has 0 aliphatic carbocycles. The van der Waals surface area contributed by atoms with Gasteiger partial charge in [0.25, 0.3) is 0 Å². The van der Waals surface area contributed by atoms with Crippen molar-refractivity contribution in [1.82, 2.24) is 19.7 Å². The molecule has 162 valence electrons. The number of aromatic amines is 1. The predicted octanol–water partition coefficient (Wildman–Crippen LogP) is 5.54. The Morgan fingerprint density at radius 3 is 2.68 bits per heavy atom. The number of fused-ring (bicyclic) bond motifs is 1. The van der Waals surface area contributed by atoms with Gasteiger partial charge in [0.15, 0.2) is 5.82 Å². The van der Waals surface area contributed by atoms with E-state index in [1.807, 2.05) is 56.0 Å². The number of benzene rings is 2. The van der Waals surface area contributed by atoms with Crippen molar-refractivity contribution in [2.75, 3.05) is 25.6 Å². The Hall–Kier alpha value is -2.99. The maximum atomic E-state index is 6.26. The number of aromatic nitrogens is 4. The summed E-state index contributed by atoms with van der Waals surface area (Å²) in [6.45, 7) is 7.54. The zero-order valence-electron chi connectivity index (χ0n) is 18.6. The van der Waals surface area contributed by atoms with Crippen LogP contribution in [0.5, 0.6) is 5.75 Å². The van der Waals surface area contributed by atoms with Gasteiger partial charge in [0.1, 0.15) is 11.4 Å². The fourth-order valence-corrected chi connectivity index (χ4v) is 3.61. The van der Waals surface area contributed by atoms with Crippen molar-refractivity contribution in [2.24, 2.45) is 5.92 Å². The van der Waals surface area contributed by atoms with E-state index in [1.54, 1.807) is 0 Å². The van der Waals surface area contributed by atoms with E-state index < -0.39 is 0 Å². The summed E-state index contributed by atoms with van der Waals surface area (Å²) in [4.78, 5) is 10.2. The van der Waals surface area contributed by atoms with Gasteiger partial charge in [0.05, 0.1) is 24.2 Å². The molecule has 1 N–H and O–H groups in total. The first kappa shape index (κ1) is 21.2. The second kappa shape index (κ2) is 8.63. The molecular weight excluding hydrogens is 410 g/mol. The number of hydrogen-bond donors (Lipinski definition) is 1. The number of rotatable bonds is 7. The summed E-state index contributed by atoms with van der Waals surface area (Å²) >= 11 is 6.26. The van der Waals surface area contributed by atoms with Crippen molar-refractivity contribution < 1.29 is 4.74 Å². The van der Waals surface area contributed by atoms with Gasteiger partial charge in [-0.1, -0.05) is 25.4 Å². The largest absolute Gasteiger partial charge is 0.493 e. The van der Waals surface area contributed by atoms with E-state index in [0.29, 0.717) is 24.1 Å². The molecule has 0 amide bonds. The number of H-pyrrole nitrogens is 1. The molecule has 6 nitrogen and oxygen atoms in total. The first-order valence-corrected chi connectivity index (χ1v) is 10.8. The van der Waals surface area contributed by atoms with E-state index in [0.717, 1.165) is 45.2 Å². The molecule has 2 heterocycles. The minimum absolute atomic E-state index is 0.447. The highest BCUT2D eigenvalue weighted by Crippen LogP contribution is 2.27. The summed E-state index contributed by atoms with van der Waals surface area (Å²) in [5.74, 6) is 2.05. The molecule has 0 saturated heterocycles. The summed E-state index contributed by atoms with van der Waals surface area (Å²) in [7, 11) is 4.05. The van der Waals surface area contributed by atoms with Gasteiger partial charge < -0.3 is 14.6 Å². The zero-order valence-corrected chi connectivity index (χ0v) is 19.4. The van der Waals surface area contributed by atoms with E-state index in [4.69, 9.17) is 26.4 Å². The highest BCUT2D eigenvalue weighted by molar-refractivity contribution is 6.30. The fraction of sp³-hybridized carbons (Fsp3) is 0.333. The number of nitrogens with one attached hydrogen (secondary N) is 1. The van der Waals surface area contributed by atoms with E-state index in [2.05, 4.69) is 35.9 Å². The van der Waals surface area contributed by atoms with Crippen molar-refractivity contribution in [3.8, 4) is 17.3 Å². The number of aryl methyl sites for hydroxylation is 1. The Morgan fingerprint density at radius 2 is 1.94 bits per heavy atom. The third-order valence-electron chi connectivity index (χ3n) is 5.12. The summed E-state index contributed by atoms with van der Waals surface area (Å²) in [6.07, 6.45) is 0. The van der Waals surface area contributed by atoms with Crippen molar-refractivity contribution in [3.05, 3.63) is 58.7 Å². The van der Waals surface area contributed by atoms with Crippen LogP contribution in [0.3, 0.4) is 0 Å². The molecule has 0 spiro atoms. The molecule has 0 aliphatic rings. The maximum Gasteiger partial charge on any atom is 0.159 e. The van der Waals surface area contributed by atoms with Gasteiger partial charge in [-0.15, -0.1) is 0 Å². The lowest BCUT2D eigenvalue weighted by Crippen LogP contribution is -2.09. The Balaban J connectivity index is 1.63. The second-order valence-corrected chi connectivity index (χ2v) is 8.90. The van der Waals surface area contributed by atoms with Crippen molar-refractivity contribution in [2.45, 2.75) is 27.3 Å². The molecule has 0 unspecified atom stereocenters. The van der Waals surface area contributed by atoms with Crippen LogP contribution in [0.15, 0.2) is 42.5 Å². The SMILES string of the molecule is Cc1cc(-c2nc3ccc(N(C)C)cc3[nH]2)nn1Cc1cc(Cl)ccc1OCC(C)C. The summed E-state index contributed by atoms with van der Waals surface area (Å²) in [5.41, 5.74) is 5.90. The Morgan fingerprint density at radius 1 is 1.13 bits per heavy atom. The molecule has 2 aromatic carbocycles. The lowest BCUT2D eigenvalue weighted by atomic mass is 10.2. The highest BCUT2D eigenvalue weighted by atomic mass is 35.5. The monoisotopic (exact) mass is 437 g/mol. The Bertz CT molecular complexity index is 1210. The molecule has 7 heteroatoms. The number of halogens is 1. The Labute approximate surface area is 187 Å². The fourth-order valence-electron chi connectivity index (χ4n) is 3.41. The Kier molecular flexibility index (Phi) is 5.92. The zero-order chi connectivity index (χ0) is 22.1. The van der Waals surface area contributed by atoms with Gasteiger partial charge in [-0.3, -0.25) is 4.68 Å². The van der Waals surface area contributed by atoms with E-state index in [9.17, 15) is 0 Å². The van der Waals surface area contributed by atoms with Gasteiger partial charge in [0.2, 0.25) is 0 Å². The van der Waals surface area contributed by atoms with E-state index in [-0.39, 0.29) is 0 Å². The third kappa shape index (κ3) is 4.69. The maximum absolute atomic E-state index is 6.26. The average Bonchev–Trinajstić information content (AvgIpc) is 3.30. The molecule has 0 bridgehead atoms. The smallest absolute Gasteiger partial charge is 0.159 e. The van der Waals surface area contributed by atoms with E-state index in [1.165, 1.54) is 0 Å². The number of hydrogen-bond acceptors (Lipinski definition) is 4. The number of imidazole rings is 1. The van der Waals surface area contributed by atoms with Crippen LogP contribution in [0.2, 0.25) is 5.02 Å².